The van der Waals surface area contributed by atoms with Gasteiger partial charge in [-0.25, -0.2) is 8.78 Å². The number of amides is 3. The van der Waals surface area contributed by atoms with Gasteiger partial charge < -0.3 is 15.5 Å². The molecule has 0 bridgehead atoms. The standard InChI is InChI=1S/C20H27F2N5O3/c21-16-4-3-15(11-17(16)22)24-18(28)12-23-19(29)13-25-7-9-26(10-8-25)14-20(30)27-5-1-2-6-27/h3-4,11H,1-2,5-10,12-14H2,(H,23,29)(H,24,28). The van der Waals surface area contributed by atoms with Gasteiger partial charge in [-0.2, -0.15) is 0 Å². The van der Waals surface area contributed by atoms with Crippen LogP contribution >= 0.6 is 0 Å². The molecule has 0 aliphatic carbocycles. The van der Waals surface area contributed by atoms with E-state index in [-0.39, 0.29) is 30.6 Å². The number of carbonyl (C=O) groups is 3. The van der Waals surface area contributed by atoms with Gasteiger partial charge in [-0.1, -0.05) is 0 Å². The molecule has 2 fully saturated rings. The van der Waals surface area contributed by atoms with Crippen molar-refractivity contribution in [1.29, 1.82) is 0 Å². The SMILES string of the molecule is O=C(CN1CCN(CC(=O)N2CCCC2)CC1)NCC(=O)Nc1ccc(F)c(F)c1. The molecular weight excluding hydrogens is 396 g/mol. The zero-order valence-electron chi connectivity index (χ0n) is 16.8. The Morgan fingerprint density at radius 1 is 0.833 bits per heavy atom. The molecule has 30 heavy (non-hydrogen) atoms. The molecule has 2 N–H and O–H groups in total. The van der Waals surface area contributed by atoms with E-state index in [0.29, 0.717) is 32.7 Å². The van der Waals surface area contributed by atoms with Crippen molar-refractivity contribution in [2.75, 3.05) is 64.2 Å². The summed E-state index contributed by atoms with van der Waals surface area (Å²) in [7, 11) is 0. The molecule has 10 heteroatoms. The summed E-state index contributed by atoms with van der Waals surface area (Å²) >= 11 is 0. The first-order valence-corrected chi connectivity index (χ1v) is 10.1. The number of hydrogen-bond acceptors (Lipinski definition) is 5. The van der Waals surface area contributed by atoms with Crippen molar-refractivity contribution in [2.45, 2.75) is 12.8 Å². The number of halogens is 2. The van der Waals surface area contributed by atoms with E-state index in [1.165, 1.54) is 6.07 Å². The van der Waals surface area contributed by atoms with Gasteiger partial charge >= 0.3 is 0 Å². The fraction of sp³-hybridized carbons (Fsp3) is 0.550. The molecular formula is C20H27F2N5O3. The number of piperazine rings is 1. The molecule has 2 saturated heterocycles. The molecule has 0 spiro atoms. The van der Waals surface area contributed by atoms with Crippen LogP contribution in [-0.4, -0.2) is 91.3 Å². The van der Waals surface area contributed by atoms with Crippen LogP contribution in [-0.2, 0) is 14.4 Å². The van der Waals surface area contributed by atoms with Gasteiger partial charge in [0.05, 0.1) is 19.6 Å². The van der Waals surface area contributed by atoms with Crippen LogP contribution in [0.1, 0.15) is 12.8 Å². The summed E-state index contributed by atoms with van der Waals surface area (Å²) in [6.45, 7) is 4.78. The number of carbonyl (C=O) groups excluding carboxylic acids is 3. The first kappa shape index (κ1) is 22.1. The summed E-state index contributed by atoms with van der Waals surface area (Å²) in [5.41, 5.74) is 0.118. The third-order valence-electron chi connectivity index (χ3n) is 5.30. The monoisotopic (exact) mass is 423 g/mol. The smallest absolute Gasteiger partial charge is 0.243 e. The molecule has 1 aromatic rings. The predicted molar refractivity (Wildman–Crippen MR) is 107 cm³/mol. The maximum atomic E-state index is 13.2. The van der Waals surface area contributed by atoms with Crippen LogP contribution in [0.5, 0.6) is 0 Å². The fourth-order valence-electron chi connectivity index (χ4n) is 3.58. The lowest BCUT2D eigenvalue weighted by atomic mass is 10.3. The molecule has 1 aromatic carbocycles. The number of nitrogens with zero attached hydrogens (tertiary/aromatic N) is 3. The molecule has 0 aromatic heterocycles. The highest BCUT2D eigenvalue weighted by molar-refractivity contribution is 5.94. The summed E-state index contributed by atoms with van der Waals surface area (Å²) in [4.78, 5) is 42.1. The molecule has 0 atom stereocenters. The molecule has 164 valence electrons. The average Bonchev–Trinajstić information content (AvgIpc) is 3.26. The average molecular weight is 423 g/mol. The van der Waals surface area contributed by atoms with Crippen molar-refractivity contribution in [3.05, 3.63) is 29.8 Å². The third-order valence-corrected chi connectivity index (χ3v) is 5.30. The lowest BCUT2D eigenvalue weighted by Crippen LogP contribution is -2.52. The maximum Gasteiger partial charge on any atom is 0.243 e. The number of nitrogens with one attached hydrogen (secondary N) is 2. The van der Waals surface area contributed by atoms with Crippen molar-refractivity contribution in [2.24, 2.45) is 0 Å². The molecule has 2 heterocycles. The van der Waals surface area contributed by atoms with Gasteiger partial charge in [0.2, 0.25) is 17.7 Å². The van der Waals surface area contributed by atoms with Crippen molar-refractivity contribution < 1.29 is 23.2 Å². The van der Waals surface area contributed by atoms with E-state index in [4.69, 9.17) is 0 Å². The van der Waals surface area contributed by atoms with Gasteiger partial charge in [-0.05, 0) is 25.0 Å². The van der Waals surface area contributed by atoms with E-state index < -0.39 is 17.5 Å². The number of likely N-dealkylation sites (tertiary alicyclic amines) is 1. The van der Waals surface area contributed by atoms with Gasteiger partial charge in [0, 0.05) is 51.0 Å². The van der Waals surface area contributed by atoms with E-state index in [1.54, 1.807) is 0 Å². The third kappa shape index (κ3) is 6.46. The van der Waals surface area contributed by atoms with Crippen LogP contribution in [0.4, 0.5) is 14.5 Å². The van der Waals surface area contributed by atoms with Crippen LogP contribution in [0.2, 0.25) is 0 Å². The summed E-state index contributed by atoms with van der Waals surface area (Å²) < 4.78 is 26.1. The zero-order valence-corrected chi connectivity index (χ0v) is 16.8. The predicted octanol–water partition coefficient (Wildman–Crippen LogP) is 0.260. The van der Waals surface area contributed by atoms with Crippen LogP contribution in [0.3, 0.4) is 0 Å². The van der Waals surface area contributed by atoms with Crippen LogP contribution in [0, 0.1) is 11.6 Å². The van der Waals surface area contributed by atoms with Gasteiger partial charge in [-0.3, -0.25) is 24.2 Å². The lowest BCUT2D eigenvalue weighted by molar-refractivity contribution is -0.132. The van der Waals surface area contributed by atoms with Crippen molar-refractivity contribution in [3.8, 4) is 0 Å². The first-order chi connectivity index (χ1) is 14.4. The van der Waals surface area contributed by atoms with E-state index in [1.807, 2.05) is 9.80 Å². The lowest BCUT2D eigenvalue weighted by Gasteiger charge is -2.34. The van der Waals surface area contributed by atoms with Crippen molar-refractivity contribution in [3.63, 3.8) is 0 Å². The summed E-state index contributed by atoms with van der Waals surface area (Å²) in [5.74, 6) is -2.71. The summed E-state index contributed by atoms with van der Waals surface area (Å²) in [6.07, 6.45) is 2.15. The van der Waals surface area contributed by atoms with Gasteiger partial charge in [0.1, 0.15) is 0 Å². The Bertz CT molecular complexity index is 778. The number of rotatable bonds is 7. The fourth-order valence-corrected chi connectivity index (χ4v) is 3.58. The zero-order chi connectivity index (χ0) is 21.5. The molecule has 3 rings (SSSR count). The highest BCUT2D eigenvalue weighted by Crippen LogP contribution is 2.13. The Balaban J connectivity index is 1.32. The van der Waals surface area contributed by atoms with E-state index in [9.17, 15) is 23.2 Å². The second-order valence-electron chi connectivity index (χ2n) is 7.59. The molecule has 3 amide bonds. The molecule has 0 saturated carbocycles. The van der Waals surface area contributed by atoms with Crippen molar-refractivity contribution in [1.82, 2.24) is 20.0 Å². The van der Waals surface area contributed by atoms with Crippen LogP contribution in [0.15, 0.2) is 18.2 Å². The Morgan fingerprint density at radius 2 is 1.47 bits per heavy atom. The minimum Gasteiger partial charge on any atom is -0.346 e. The molecule has 0 unspecified atom stereocenters. The number of benzene rings is 1. The number of anilines is 1. The molecule has 2 aliphatic rings. The molecule has 0 radical (unpaired) electrons. The van der Waals surface area contributed by atoms with Gasteiger partial charge in [-0.15, -0.1) is 0 Å². The Labute approximate surface area is 174 Å². The second-order valence-corrected chi connectivity index (χ2v) is 7.59. The largest absolute Gasteiger partial charge is 0.346 e. The topological polar surface area (TPSA) is 85.0 Å². The second kappa shape index (κ2) is 10.4. The van der Waals surface area contributed by atoms with E-state index in [2.05, 4.69) is 15.5 Å². The minimum atomic E-state index is -1.06. The summed E-state index contributed by atoms with van der Waals surface area (Å²) in [6, 6.07) is 3.04. The maximum absolute atomic E-state index is 13.2. The van der Waals surface area contributed by atoms with Gasteiger partial charge in [0.25, 0.3) is 0 Å². The Morgan fingerprint density at radius 3 is 2.10 bits per heavy atom. The quantitative estimate of drug-likeness (QED) is 0.657. The normalized spacial score (nSPS) is 17.7. The van der Waals surface area contributed by atoms with Crippen molar-refractivity contribution >= 4 is 23.4 Å². The summed E-state index contributed by atoms with van der Waals surface area (Å²) in [5, 5.41) is 4.92. The Kier molecular flexibility index (Phi) is 7.69. The highest BCUT2D eigenvalue weighted by atomic mass is 19.2. The van der Waals surface area contributed by atoms with E-state index >= 15 is 0 Å². The molecule has 8 nitrogen and oxygen atoms in total. The van der Waals surface area contributed by atoms with Gasteiger partial charge in [0.15, 0.2) is 11.6 Å². The first-order valence-electron chi connectivity index (χ1n) is 10.1. The number of hydrogen-bond donors (Lipinski definition) is 2. The molecule has 2 aliphatic heterocycles. The Hall–Kier alpha value is -2.59. The minimum absolute atomic E-state index is 0.118. The van der Waals surface area contributed by atoms with E-state index in [0.717, 1.165) is 38.1 Å². The highest BCUT2D eigenvalue weighted by Gasteiger charge is 2.24. The van der Waals surface area contributed by atoms with Crippen LogP contribution in [0.25, 0.3) is 0 Å². The van der Waals surface area contributed by atoms with Crippen LogP contribution < -0.4 is 10.6 Å².